The lowest BCUT2D eigenvalue weighted by Gasteiger charge is -2.12. The molecule has 1 aliphatic carbocycles. The Morgan fingerprint density at radius 2 is 1.52 bits per heavy atom. The average Bonchev–Trinajstić information content (AvgIpc) is 2.72. The van der Waals surface area contributed by atoms with E-state index in [0.29, 0.717) is 6.54 Å². The van der Waals surface area contributed by atoms with Crippen LogP contribution >= 0.6 is 0 Å². The molecule has 0 unspecified atom stereocenters. The normalized spacial score (nSPS) is 12.3. The first kappa shape index (κ1) is 15.4. The molecule has 3 rings (SSSR count). The van der Waals surface area contributed by atoms with Crippen LogP contribution in [0.3, 0.4) is 0 Å². The van der Waals surface area contributed by atoms with Gasteiger partial charge >= 0.3 is 0 Å². The molecule has 0 radical (unpaired) electrons. The van der Waals surface area contributed by atoms with E-state index < -0.39 is 0 Å². The van der Waals surface area contributed by atoms with Gasteiger partial charge in [-0.2, -0.15) is 0 Å². The highest BCUT2D eigenvalue weighted by Crippen LogP contribution is 2.33. The van der Waals surface area contributed by atoms with Gasteiger partial charge in [-0.3, -0.25) is 4.79 Å². The van der Waals surface area contributed by atoms with E-state index in [2.05, 4.69) is 72.1 Å². The summed E-state index contributed by atoms with van der Waals surface area (Å²) in [6, 6.07) is 17.0. The SMILES string of the molecule is CC(=O)CNCCC=C1c2ccccc2C=Cc2ccccc21. The second-order valence-corrected chi connectivity index (χ2v) is 5.79. The van der Waals surface area contributed by atoms with Crippen LogP contribution in [-0.2, 0) is 4.79 Å². The van der Waals surface area contributed by atoms with Crippen molar-refractivity contribution in [3.8, 4) is 0 Å². The number of fused-ring (bicyclic) bond motifs is 2. The van der Waals surface area contributed by atoms with Crippen molar-refractivity contribution in [3.05, 3.63) is 76.9 Å². The van der Waals surface area contributed by atoms with E-state index >= 15 is 0 Å². The van der Waals surface area contributed by atoms with Crippen LogP contribution in [0.5, 0.6) is 0 Å². The Morgan fingerprint density at radius 3 is 2.09 bits per heavy atom. The van der Waals surface area contributed by atoms with Crippen molar-refractivity contribution in [3.63, 3.8) is 0 Å². The molecule has 0 fully saturated rings. The van der Waals surface area contributed by atoms with Gasteiger partial charge in [-0.15, -0.1) is 0 Å². The third kappa shape index (κ3) is 3.66. The van der Waals surface area contributed by atoms with E-state index in [1.165, 1.54) is 27.8 Å². The summed E-state index contributed by atoms with van der Waals surface area (Å²) in [6.07, 6.45) is 7.54. The molecule has 0 spiro atoms. The number of benzene rings is 2. The first-order valence-electron chi connectivity index (χ1n) is 8.03. The van der Waals surface area contributed by atoms with E-state index in [4.69, 9.17) is 0 Å². The largest absolute Gasteiger partial charge is 0.310 e. The lowest BCUT2D eigenvalue weighted by atomic mass is 9.93. The Bertz CT molecular complexity index is 719. The molecule has 0 aromatic heterocycles. The molecule has 1 aliphatic rings. The van der Waals surface area contributed by atoms with Crippen molar-refractivity contribution < 1.29 is 4.79 Å². The molecule has 0 heterocycles. The van der Waals surface area contributed by atoms with Gasteiger partial charge in [-0.05, 0) is 47.7 Å². The lowest BCUT2D eigenvalue weighted by molar-refractivity contribution is -0.116. The van der Waals surface area contributed by atoms with Crippen molar-refractivity contribution >= 4 is 23.5 Å². The summed E-state index contributed by atoms with van der Waals surface area (Å²) in [4.78, 5) is 11.0. The molecule has 116 valence electrons. The average molecular weight is 303 g/mol. The number of rotatable bonds is 5. The Hall–Kier alpha value is -2.45. The number of carbonyl (C=O) groups is 1. The lowest BCUT2D eigenvalue weighted by Crippen LogP contribution is -2.21. The van der Waals surface area contributed by atoms with Crippen molar-refractivity contribution in [2.75, 3.05) is 13.1 Å². The Labute approximate surface area is 137 Å². The Balaban J connectivity index is 1.91. The summed E-state index contributed by atoms with van der Waals surface area (Å²) in [6.45, 7) is 2.85. The second-order valence-electron chi connectivity index (χ2n) is 5.79. The van der Waals surface area contributed by atoms with Crippen molar-refractivity contribution in [2.24, 2.45) is 0 Å². The van der Waals surface area contributed by atoms with E-state index in [1.54, 1.807) is 6.92 Å². The van der Waals surface area contributed by atoms with E-state index in [9.17, 15) is 4.79 Å². The molecule has 0 saturated heterocycles. The summed E-state index contributed by atoms with van der Waals surface area (Å²) < 4.78 is 0. The Morgan fingerprint density at radius 1 is 0.957 bits per heavy atom. The predicted molar refractivity (Wildman–Crippen MR) is 97.1 cm³/mol. The van der Waals surface area contributed by atoms with Gasteiger partial charge in [-0.1, -0.05) is 66.8 Å². The third-order valence-electron chi connectivity index (χ3n) is 3.99. The minimum Gasteiger partial charge on any atom is -0.310 e. The van der Waals surface area contributed by atoms with Gasteiger partial charge in [-0.25, -0.2) is 0 Å². The summed E-state index contributed by atoms with van der Waals surface area (Å²) >= 11 is 0. The summed E-state index contributed by atoms with van der Waals surface area (Å²) in [5.41, 5.74) is 6.28. The zero-order chi connectivity index (χ0) is 16.1. The van der Waals surface area contributed by atoms with Crippen LogP contribution in [0.1, 0.15) is 35.6 Å². The number of Topliss-reactive ketones (excluding diaryl/α,β-unsaturated/α-hetero) is 1. The maximum absolute atomic E-state index is 11.0. The number of hydrogen-bond acceptors (Lipinski definition) is 2. The summed E-state index contributed by atoms with van der Waals surface area (Å²) in [7, 11) is 0. The van der Waals surface area contributed by atoms with Crippen LogP contribution in [-0.4, -0.2) is 18.9 Å². The first-order valence-corrected chi connectivity index (χ1v) is 8.03. The fraction of sp³-hybridized carbons (Fsp3) is 0.190. The van der Waals surface area contributed by atoms with Gasteiger partial charge in [0.2, 0.25) is 0 Å². The number of carbonyl (C=O) groups excluding carboxylic acids is 1. The fourth-order valence-electron chi connectivity index (χ4n) is 2.90. The third-order valence-corrected chi connectivity index (χ3v) is 3.99. The molecule has 2 heteroatoms. The summed E-state index contributed by atoms with van der Waals surface area (Å²) in [5, 5.41) is 3.18. The molecule has 0 bridgehead atoms. The van der Waals surface area contributed by atoms with Crippen molar-refractivity contribution in [1.29, 1.82) is 0 Å². The number of nitrogens with one attached hydrogen (secondary N) is 1. The van der Waals surface area contributed by atoms with Gasteiger partial charge in [0.15, 0.2) is 0 Å². The van der Waals surface area contributed by atoms with Crippen LogP contribution in [0.15, 0.2) is 54.6 Å². The van der Waals surface area contributed by atoms with Crippen LogP contribution in [0.25, 0.3) is 17.7 Å². The molecule has 23 heavy (non-hydrogen) atoms. The van der Waals surface area contributed by atoms with Crippen LogP contribution in [0.4, 0.5) is 0 Å². The van der Waals surface area contributed by atoms with Gasteiger partial charge in [0, 0.05) is 0 Å². The van der Waals surface area contributed by atoms with Crippen LogP contribution < -0.4 is 5.32 Å². The minimum absolute atomic E-state index is 0.173. The topological polar surface area (TPSA) is 29.1 Å². The highest BCUT2D eigenvalue weighted by Gasteiger charge is 2.13. The zero-order valence-electron chi connectivity index (χ0n) is 13.4. The molecule has 0 aliphatic heterocycles. The minimum atomic E-state index is 0.173. The smallest absolute Gasteiger partial charge is 0.143 e. The van der Waals surface area contributed by atoms with E-state index in [-0.39, 0.29) is 5.78 Å². The molecule has 1 N–H and O–H groups in total. The molecule has 2 aromatic carbocycles. The van der Waals surface area contributed by atoms with Gasteiger partial charge in [0.25, 0.3) is 0 Å². The van der Waals surface area contributed by atoms with Crippen molar-refractivity contribution in [2.45, 2.75) is 13.3 Å². The van der Waals surface area contributed by atoms with Crippen LogP contribution in [0.2, 0.25) is 0 Å². The molecular formula is C21H21NO. The standard InChI is InChI=1S/C21H21NO/c1-16(23)15-22-14-6-11-21-19-9-4-2-7-17(19)12-13-18-8-3-5-10-20(18)21/h2-5,7-13,22H,6,14-15H2,1H3. The van der Waals surface area contributed by atoms with E-state index in [0.717, 1.165) is 13.0 Å². The predicted octanol–water partition coefficient (Wildman–Crippen LogP) is 4.17. The maximum atomic E-state index is 11.0. The summed E-state index contributed by atoms with van der Waals surface area (Å²) in [5.74, 6) is 0.173. The highest BCUT2D eigenvalue weighted by atomic mass is 16.1. The molecular weight excluding hydrogens is 282 g/mol. The molecule has 2 nitrogen and oxygen atoms in total. The first-order chi connectivity index (χ1) is 11.3. The quantitative estimate of drug-likeness (QED) is 0.717. The maximum Gasteiger partial charge on any atom is 0.143 e. The number of hydrogen-bond donors (Lipinski definition) is 1. The second kappa shape index (κ2) is 7.21. The highest BCUT2D eigenvalue weighted by molar-refractivity contribution is 5.93. The zero-order valence-corrected chi connectivity index (χ0v) is 13.4. The van der Waals surface area contributed by atoms with E-state index in [1.807, 2.05) is 0 Å². The van der Waals surface area contributed by atoms with Gasteiger partial charge < -0.3 is 5.32 Å². The monoisotopic (exact) mass is 303 g/mol. The van der Waals surface area contributed by atoms with Gasteiger partial charge in [0.1, 0.15) is 5.78 Å². The van der Waals surface area contributed by atoms with Crippen LogP contribution in [0, 0.1) is 0 Å². The van der Waals surface area contributed by atoms with Gasteiger partial charge in [0.05, 0.1) is 6.54 Å². The molecule has 2 aromatic rings. The fourth-order valence-corrected chi connectivity index (χ4v) is 2.90. The molecule has 0 atom stereocenters. The van der Waals surface area contributed by atoms with Crippen molar-refractivity contribution in [1.82, 2.24) is 5.32 Å². The molecule has 0 saturated carbocycles. The number of ketones is 1. The molecule has 0 amide bonds. The Kier molecular flexibility index (Phi) is 4.84.